The third-order valence-corrected chi connectivity index (χ3v) is 4.67. The van der Waals surface area contributed by atoms with Crippen molar-refractivity contribution in [2.75, 3.05) is 18.1 Å². The molecule has 0 radical (unpaired) electrons. The summed E-state index contributed by atoms with van der Waals surface area (Å²) in [7, 11) is -3.39. The predicted octanol–water partition coefficient (Wildman–Crippen LogP) is 1.50. The first-order valence-electron chi connectivity index (χ1n) is 6.33. The molecule has 1 aliphatic heterocycles. The van der Waals surface area contributed by atoms with Crippen molar-refractivity contribution in [2.24, 2.45) is 0 Å². The number of nitrogens with zero attached hydrogens (tertiary/aromatic N) is 1. The topological polar surface area (TPSA) is 66.5 Å². The summed E-state index contributed by atoms with van der Waals surface area (Å²) in [6, 6.07) is 3.36. The Morgan fingerprint density at radius 1 is 1.45 bits per heavy atom. The molecule has 1 heterocycles. The van der Waals surface area contributed by atoms with Crippen molar-refractivity contribution in [1.29, 1.82) is 0 Å². The van der Waals surface area contributed by atoms with Crippen molar-refractivity contribution < 1.29 is 17.6 Å². The van der Waals surface area contributed by atoms with Gasteiger partial charge in [-0.1, -0.05) is 0 Å². The van der Waals surface area contributed by atoms with Gasteiger partial charge in [0.05, 0.1) is 6.26 Å². The van der Waals surface area contributed by atoms with E-state index in [4.69, 9.17) is 0 Å². The number of anilines is 1. The molecule has 0 aromatic heterocycles. The smallest absolute Gasteiger partial charge is 0.242 e. The normalized spacial score (nSPS) is 20.1. The van der Waals surface area contributed by atoms with E-state index in [1.807, 2.05) is 0 Å². The molecular formula is C13H17FN2O3S. The van der Waals surface area contributed by atoms with Crippen molar-refractivity contribution in [1.82, 2.24) is 4.31 Å². The lowest BCUT2D eigenvalue weighted by Gasteiger charge is -2.21. The van der Waals surface area contributed by atoms with Crippen LogP contribution in [0.5, 0.6) is 0 Å². The number of sulfonamides is 1. The predicted molar refractivity (Wildman–Crippen MR) is 74.3 cm³/mol. The van der Waals surface area contributed by atoms with Crippen LogP contribution in [0.2, 0.25) is 0 Å². The summed E-state index contributed by atoms with van der Waals surface area (Å²) >= 11 is 0. The number of carbonyl (C=O) groups is 1. The van der Waals surface area contributed by atoms with Crippen LogP contribution in [0.1, 0.15) is 18.4 Å². The van der Waals surface area contributed by atoms with E-state index in [0.717, 1.165) is 6.26 Å². The maximum absolute atomic E-state index is 13.0. The van der Waals surface area contributed by atoms with Gasteiger partial charge in [-0.15, -0.1) is 0 Å². The molecule has 1 saturated heterocycles. The Bertz CT molecular complexity index is 631. The van der Waals surface area contributed by atoms with Gasteiger partial charge in [0.2, 0.25) is 15.9 Å². The molecule has 1 N–H and O–H groups in total. The first kappa shape index (κ1) is 14.9. The zero-order valence-electron chi connectivity index (χ0n) is 11.4. The minimum absolute atomic E-state index is 0.360. The second kappa shape index (κ2) is 5.49. The van der Waals surface area contributed by atoms with Crippen LogP contribution >= 0.6 is 0 Å². The van der Waals surface area contributed by atoms with Crippen molar-refractivity contribution in [3.63, 3.8) is 0 Å². The Labute approximate surface area is 117 Å². The molecule has 1 fully saturated rings. The van der Waals surface area contributed by atoms with Gasteiger partial charge in [0.15, 0.2) is 0 Å². The summed E-state index contributed by atoms with van der Waals surface area (Å²) in [6.45, 7) is 2.04. The second-order valence-corrected chi connectivity index (χ2v) is 6.92. The van der Waals surface area contributed by atoms with Gasteiger partial charge in [-0.25, -0.2) is 12.8 Å². The second-order valence-electron chi connectivity index (χ2n) is 4.98. The minimum Gasteiger partial charge on any atom is -0.324 e. The average molecular weight is 300 g/mol. The van der Waals surface area contributed by atoms with E-state index in [2.05, 4.69) is 5.32 Å². The van der Waals surface area contributed by atoms with Gasteiger partial charge in [-0.05, 0) is 43.5 Å². The lowest BCUT2D eigenvalue weighted by molar-refractivity contribution is -0.119. The Kier molecular flexibility index (Phi) is 4.10. The number of rotatable bonds is 3. The molecule has 0 unspecified atom stereocenters. The first-order valence-corrected chi connectivity index (χ1v) is 8.17. The lowest BCUT2D eigenvalue weighted by Crippen LogP contribution is -2.42. The van der Waals surface area contributed by atoms with Crippen LogP contribution in [0.15, 0.2) is 18.2 Å². The van der Waals surface area contributed by atoms with Crippen LogP contribution in [0, 0.1) is 12.7 Å². The zero-order valence-corrected chi connectivity index (χ0v) is 12.2. The Morgan fingerprint density at radius 2 is 2.15 bits per heavy atom. The van der Waals surface area contributed by atoms with Gasteiger partial charge < -0.3 is 5.32 Å². The fraction of sp³-hybridized carbons (Fsp3) is 0.462. The zero-order chi connectivity index (χ0) is 14.9. The summed E-state index contributed by atoms with van der Waals surface area (Å²) in [6.07, 6.45) is 2.26. The van der Waals surface area contributed by atoms with E-state index in [9.17, 15) is 17.6 Å². The number of nitrogens with one attached hydrogen (secondary N) is 1. The number of halogens is 1. The summed E-state index contributed by atoms with van der Waals surface area (Å²) in [4.78, 5) is 12.2. The molecule has 2 rings (SSSR count). The highest BCUT2D eigenvalue weighted by Gasteiger charge is 2.36. The standard InChI is InChI=1S/C13H17FN2O3S/c1-9-8-10(14)5-6-11(9)15-13(17)12-4-3-7-16(12)20(2,18)19/h5-6,8,12H,3-4,7H2,1-2H3,(H,15,17)/t12-/m0/s1. The lowest BCUT2D eigenvalue weighted by atomic mass is 10.1. The first-order chi connectivity index (χ1) is 9.29. The van der Waals surface area contributed by atoms with Crippen LogP contribution in [0.4, 0.5) is 10.1 Å². The quantitative estimate of drug-likeness (QED) is 0.920. The number of aryl methyl sites for hydroxylation is 1. The van der Waals surface area contributed by atoms with Crippen LogP contribution in [0.25, 0.3) is 0 Å². The van der Waals surface area contributed by atoms with Crippen LogP contribution < -0.4 is 5.32 Å². The SMILES string of the molecule is Cc1cc(F)ccc1NC(=O)[C@@H]1CCCN1S(C)(=O)=O. The highest BCUT2D eigenvalue weighted by atomic mass is 32.2. The number of carbonyl (C=O) groups excluding carboxylic acids is 1. The van der Waals surface area contributed by atoms with Crippen LogP contribution in [0.3, 0.4) is 0 Å². The summed E-state index contributed by atoms with van der Waals surface area (Å²) < 4.78 is 37.4. The summed E-state index contributed by atoms with van der Waals surface area (Å²) in [5.41, 5.74) is 1.10. The monoisotopic (exact) mass is 300 g/mol. The summed E-state index contributed by atoms with van der Waals surface area (Å²) in [5, 5.41) is 2.67. The molecule has 0 bridgehead atoms. The van der Waals surface area contributed by atoms with Crippen LogP contribution in [-0.4, -0.2) is 37.5 Å². The Balaban J connectivity index is 2.16. The van der Waals surface area contributed by atoms with Gasteiger partial charge in [0.1, 0.15) is 11.9 Å². The van der Waals surface area contributed by atoms with Crippen molar-refractivity contribution >= 4 is 21.6 Å². The highest BCUT2D eigenvalue weighted by Crippen LogP contribution is 2.23. The van der Waals surface area contributed by atoms with Gasteiger partial charge in [0.25, 0.3) is 0 Å². The third-order valence-electron chi connectivity index (χ3n) is 3.38. The number of hydrogen-bond acceptors (Lipinski definition) is 3. The van der Waals surface area contributed by atoms with Gasteiger partial charge in [-0.2, -0.15) is 4.31 Å². The Morgan fingerprint density at radius 3 is 2.75 bits per heavy atom. The Hall–Kier alpha value is -1.47. The maximum atomic E-state index is 13.0. The molecule has 7 heteroatoms. The molecular weight excluding hydrogens is 283 g/mol. The molecule has 20 heavy (non-hydrogen) atoms. The largest absolute Gasteiger partial charge is 0.324 e. The fourth-order valence-corrected chi connectivity index (χ4v) is 3.51. The van der Waals surface area contributed by atoms with Crippen LogP contribution in [-0.2, 0) is 14.8 Å². The molecule has 5 nitrogen and oxygen atoms in total. The molecule has 110 valence electrons. The highest BCUT2D eigenvalue weighted by molar-refractivity contribution is 7.88. The molecule has 1 aromatic rings. The molecule has 0 saturated carbocycles. The van der Waals surface area contributed by atoms with E-state index < -0.39 is 16.1 Å². The van der Waals surface area contributed by atoms with Gasteiger partial charge in [0, 0.05) is 12.2 Å². The van der Waals surface area contributed by atoms with E-state index in [0.29, 0.717) is 30.6 Å². The van der Waals surface area contributed by atoms with E-state index in [1.54, 1.807) is 6.92 Å². The van der Waals surface area contributed by atoms with Crippen molar-refractivity contribution in [3.05, 3.63) is 29.6 Å². The van der Waals surface area contributed by atoms with Crippen molar-refractivity contribution in [2.45, 2.75) is 25.8 Å². The van der Waals surface area contributed by atoms with E-state index in [-0.39, 0.29) is 11.7 Å². The molecule has 1 atom stereocenters. The summed E-state index contributed by atoms with van der Waals surface area (Å²) in [5.74, 6) is -0.748. The molecule has 1 aromatic carbocycles. The van der Waals surface area contributed by atoms with E-state index >= 15 is 0 Å². The average Bonchev–Trinajstić information content (AvgIpc) is 2.81. The molecule has 1 amide bonds. The molecule has 0 spiro atoms. The van der Waals surface area contributed by atoms with E-state index in [1.165, 1.54) is 22.5 Å². The van der Waals surface area contributed by atoms with Gasteiger partial charge >= 0.3 is 0 Å². The maximum Gasteiger partial charge on any atom is 0.242 e. The third kappa shape index (κ3) is 3.16. The minimum atomic E-state index is -3.39. The van der Waals surface area contributed by atoms with Crippen molar-refractivity contribution in [3.8, 4) is 0 Å². The molecule has 0 aliphatic carbocycles. The van der Waals surface area contributed by atoms with Gasteiger partial charge in [-0.3, -0.25) is 4.79 Å². The number of amides is 1. The number of benzene rings is 1. The number of hydrogen-bond donors (Lipinski definition) is 1. The fourth-order valence-electron chi connectivity index (χ4n) is 2.38. The molecule has 1 aliphatic rings.